The van der Waals surface area contributed by atoms with Crippen LogP contribution in [0.5, 0.6) is 0 Å². The molecule has 16 heavy (non-hydrogen) atoms. The largest absolute Gasteiger partial charge is 0.467 e. The Morgan fingerprint density at radius 2 is 2.50 bits per heavy atom. The molecular formula is C12H18N2O2. The van der Waals surface area contributed by atoms with Gasteiger partial charge in [-0.25, -0.2) is 0 Å². The van der Waals surface area contributed by atoms with Crippen molar-refractivity contribution in [3.63, 3.8) is 0 Å². The first-order valence-corrected chi connectivity index (χ1v) is 5.84. The molecule has 0 spiro atoms. The Morgan fingerprint density at radius 1 is 1.62 bits per heavy atom. The number of carbonyl (C=O) groups is 1. The molecule has 4 nitrogen and oxygen atoms in total. The molecule has 1 aromatic rings. The average Bonchev–Trinajstić information content (AvgIpc) is 2.83. The van der Waals surface area contributed by atoms with E-state index in [-0.39, 0.29) is 18.0 Å². The molecule has 1 aliphatic heterocycles. The van der Waals surface area contributed by atoms with E-state index in [2.05, 4.69) is 10.6 Å². The normalized spacial score (nSPS) is 22.7. The lowest BCUT2D eigenvalue weighted by Gasteiger charge is -2.24. The lowest BCUT2D eigenvalue weighted by atomic mass is 10.0. The molecule has 1 aliphatic rings. The Kier molecular flexibility index (Phi) is 3.62. The first-order chi connectivity index (χ1) is 7.77. The van der Waals surface area contributed by atoms with E-state index in [0.717, 1.165) is 31.6 Å². The number of carbonyl (C=O) groups excluding carboxylic acids is 1. The van der Waals surface area contributed by atoms with E-state index >= 15 is 0 Å². The van der Waals surface area contributed by atoms with Crippen LogP contribution in [0.4, 0.5) is 0 Å². The average molecular weight is 222 g/mol. The highest BCUT2D eigenvalue weighted by Gasteiger charge is 2.22. The molecule has 2 rings (SSSR count). The number of furan rings is 1. The van der Waals surface area contributed by atoms with Crippen LogP contribution in [0.3, 0.4) is 0 Å². The maximum Gasteiger partial charge on any atom is 0.237 e. The summed E-state index contributed by atoms with van der Waals surface area (Å²) in [6, 6.07) is 3.60. The molecule has 2 atom stereocenters. The molecule has 2 N–H and O–H groups in total. The van der Waals surface area contributed by atoms with Crippen molar-refractivity contribution in [2.75, 3.05) is 6.54 Å². The van der Waals surface area contributed by atoms with Crippen molar-refractivity contribution in [2.45, 2.75) is 38.3 Å². The molecule has 0 radical (unpaired) electrons. The molecule has 0 aromatic carbocycles. The van der Waals surface area contributed by atoms with Gasteiger partial charge in [-0.1, -0.05) is 6.42 Å². The Hall–Kier alpha value is -1.29. The molecule has 1 aromatic heterocycles. The van der Waals surface area contributed by atoms with Crippen LogP contribution in [0, 0.1) is 0 Å². The number of hydrogen-bond acceptors (Lipinski definition) is 3. The minimum Gasteiger partial charge on any atom is -0.467 e. The van der Waals surface area contributed by atoms with Crippen LogP contribution in [0.1, 0.15) is 38.0 Å². The number of rotatable bonds is 3. The summed E-state index contributed by atoms with van der Waals surface area (Å²) in [5.41, 5.74) is 0. The Morgan fingerprint density at radius 3 is 3.12 bits per heavy atom. The minimum atomic E-state index is -0.0637. The second-order valence-electron chi connectivity index (χ2n) is 4.25. The van der Waals surface area contributed by atoms with Gasteiger partial charge in [0.25, 0.3) is 0 Å². The summed E-state index contributed by atoms with van der Waals surface area (Å²) in [6.45, 7) is 2.87. The van der Waals surface area contributed by atoms with Crippen molar-refractivity contribution in [3.8, 4) is 0 Å². The number of piperidine rings is 1. The summed E-state index contributed by atoms with van der Waals surface area (Å²) in [7, 11) is 0. The van der Waals surface area contributed by atoms with Crippen molar-refractivity contribution < 1.29 is 9.21 Å². The van der Waals surface area contributed by atoms with Gasteiger partial charge in [0.2, 0.25) is 5.91 Å². The summed E-state index contributed by atoms with van der Waals surface area (Å²) < 4.78 is 5.25. The van der Waals surface area contributed by atoms with Gasteiger partial charge in [-0.2, -0.15) is 0 Å². The van der Waals surface area contributed by atoms with E-state index in [9.17, 15) is 4.79 Å². The maximum absolute atomic E-state index is 11.9. The van der Waals surface area contributed by atoms with Crippen LogP contribution in [0.15, 0.2) is 22.8 Å². The summed E-state index contributed by atoms with van der Waals surface area (Å²) >= 11 is 0. The van der Waals surface area contributed by atoms with Gasteiger partial charge in [0, 0.05) is 0 Å². The van der Waals surface area contributed by atoms with E-state index in [0.29, 0.717) is 0 Å². The van der Waals surface area contributed by atoms with Crippen LogP contribution in [-0.2, 0) is 4.79 Å². The highest BCUT2D eigenvalue weighted by atomic mass is 16.3. The third kappa shape index (κ3) is 2.64. The van der Waals surface area contributed by atoms with Crippen molar-refractivity contribution >= 4 is 5.91 Å². The lowest BCUT2D eigenvalue weighted by molar-refractivity contribution is -0.124. The molecule has 1 saturated heterocycles. The van der Waals surface area contributed by atoms with Gasteiger partial charge in [-0.15, -0.1) is 0 Å². The Bertz CT molecular complexity index is 329. The van der Waals surface area contributed by atoms with Crippen molar-refractivity contribution in [1.82, 2.24) is 10.6 Å². The zero-order valence-electron chi connectivity index (χ0n) is 9.53. The second-order valence-corrected chi connectivity index (χ2v) is 4.25. The van der Waals surface area contributed by atoms with Crippen LogP contribution in [-0.4, -0.2) is 18.5 Å². The van der Waals surface area contributed by atoms with E-state index in [1.165, 1.54) is 0 Å². The van der Waals surface area contributed by atoms with Crippen molar-refractivity contribution in [2.24, 2.45) is 0 Å². The molecule has 1 amide bonds. The first kappa shape index (κ1) is 11.2. The zero-order chi connectivity index (χ0) is 11.4. The number of amides is 1. The highest BCUT2D eigenvalue weighted by molar-refractivity contribution is 5.82. The van der Waals surface area contributed by atoms with Gasteiger partial charge in [0.1, 0.15) is 5.76 Å². The van der Waals surface area contributed by atoms with Crippen LogP contribution in [0.2, 0.25) is 0 Å². The number of hydrogen-bond donors (Lipinski definition) is 2. The maximum atomic E-state index is 11.9. The van der Waals surface area contributed by atoms with Gasteiger partial charge < -0.3 is 15.1 Å². The molecule has 0 unspecified atom stereocenters. The van der Waals surface area contributed by atoms with Crippen molar-refractivity contribution in [1.29, 1.82) is 0 Å². The monoisotopic (exact) mass is 222 g/mol. The predicted octanol–water partition coefficient (Wildman–Crippen LogP) is 1.60. The van der Waals surface area contributed by atoms with E-state index in [1.54, 1.807) is 6.26 Å². The van der Waals surface area contributed by atoms with Gasteiger partial charge >= 0.3 is 0 Å². The Labute approximate surface area is 95.4 Å². The standard InChI is InChI=1S/C12H18N2O2/c1-9(11-6-4-8-16-11)14-12(15)10-5-2-3-7-13-10/h4,6,8-10,13H,2-3,5,7H2,1H3,(H,14,15)/t9-,10+/m0/s1. The zero-order valence-corrected chi connectivity index (χ0v) is 9.53. The van der Waals surface area contributed by atoms with Gasteiger partial charge in [-0.3, -0.25) is 4.79 Å². The van der Waals surface area contributed by atoms with Crippen LogP contribution in [0.25, 0.3) is 0 Å². The van der Waals surface area contributed by atoms with Gasteiger partial charge in [0.05, 0.1) is 18.3 Å². The lowest BCUT2D eigenvalue weighted by Crippen LogP contribution is -2.47. The SMILES string of the molecule is C[C@H](NC(=O)[C@H]1CCCCN1)c1ccco1. The predicted molar refractivity (Wildman–Crippen MR) is 60.9 cm³/mol. The smallest absolute Gasteiger partial charge is 0.237 e. The molecule has 2 heterocycles. The minimum absolute atomic E-state index is 0.0360. The van der Waals surface area contributed by atoms with Gasteiger partial charge in [0.15, 0.2) is 0 Å². The second kappa shape index (κ2) is 5.16. The van der Waals surface area contributed by atoms with Crippen molar-refractivity contribution in [3.05, 3.63) is 24.2 Å². The fourth-order valence-electron chi connectivity index (χ4n) is 2.00. The van der Waals surface area contributed by atoms with E-state index < -0.39 is 0 Å². The fraction of sp³-hybridized carbons (Fsp3) is 0.583. The summed E-state index contributed by atoms with van der Waals surface area (Å²) in [5, 5.41) is 6.18. The van der Waals surface area contributed by atoms with Crippen LogP contribution >= 0.6 is 0 Å². The van der Waals surface area contributed by atoms with E-state index in [1.807, 2.05) is 19.1 Å². The molecule has 4 heteroatoms. The summed E-state index contributed by atoms with van der Waals surface area (Å²) in [5.74, 6) is 0.868. The third-order valence-electron chi connectivity index (χ3n) is 2.96. The topological polar surface area (TPSA) is 54.3 Å². The molecule has 0 saturated carbocycles. The third-order valence-corrected chi connectivity index (χ3v) is 2.96. The van der Waals surface area contributed by atoms with Gasteiger partial charge in [-0.05, 0) is 38.4 Å². The summed E-state index contributed by atoms with van der Waals surface area (Å²) in [4.78, 5) is 11.9. The molecule has 0 aliphatic carbocycles. The quantitative estimate of drug-likeness (QED) is 0.816. The molecule has 88 valence electrons. The molecule has 1 fully saturated rings. The first-order valence-electron chi connectivity index (χ1n) is 5.84. The highest BCUT2D eigenvalue weighted by Crippen LogP contribution is 2.13. The Balaban J connectivity index is 1.86. The fourth-order valence-corrected chi connectivity index (χ4v) is 2.00. The molecular weight excluding hydrogens is 204 g/mol. The van der Waals surface area contributed by atoms with E-state index in [4.69, 9.17) is 4.42 Å². The summed E-state index contributed by atoms with van der Waals surface area (Å²) in [6.07, 6.45) is 4.84. The number of nitrogens with one attached hydrogen (secondary N) is 2. The van der Waals surface area contributed by atoms with Crippen LogP contribution < -0.4 is 10.6 Å². The molecule has 0 bridgehead atoms.